The second kappa shape index (κ2) is 9.86. The lowest BCUT2D eigenvalue weighted by Crippen LogP contribution is -2.41. The number of anilines is 1. The first-order valence-corrected chi connectivity index (χ1v) is 11.3. The largest absolute Gasteiger partial charge is 0.497 e. The lowest BCUT2D eigenvalue weighted by molar-refractivity contribution is -0.142. The number of H-pyrrole nitrogens is 1. The number of thioether (sulfide) groups is 1. The van der Waals surface area contributed by atoms with Gasteiger partial charge in [0.2, 0.25) is 11.1 Å². The van der Waals surface area contributed by atoms with Gasteiger partial charge in [-0.2, -0.15) is 0 Å². The van der Waals surface area contributed by atoms with E-state index in [1.54, 1.807) is 14.0 Å². The Bertz CT molecular complexity index is 1100. The third-order valence-corrected chi connectivity index (χ3v) is 6.28. The molecule has 9 heteroatoms. The lowest BCUT2D eigenvalue weighted by atomic mass is 10.1. The van der Waals surface area contributed by atoms with Crippen LogP contribution in [0.3, 0.4) is 0 Å². The maximum absolute atomic E-state index is 13.4. The van der Waals surface area contributed by atoms with E-state index < -0.39 is 11.2 Å². The number of amides is 1. The minimum Gasteiger partial charge on any atom is -0.497 e. The summed E-state index contributed by atoms with van der Waals surface area (Å²) in [6.07, 6.45) is 1.33. The molecule has 32 heavy (non-hydrogen) atoms. The molecule has 1 aliphatic heterocycles. The number of rotatable bonds is 7. The van der Waals surface area contributed by atoms with Crippen LogP contribution < -0.4 is 9.64 Å². The summed E-state index contributed by atoms with van der Waals surface area (Å²) >= 11 is 1.30. The highest BCUT2D eigenvalue weighted by molar-refractivity contribution is 8.00. The number of carbonyl (C=O) groups excluding carboxylic acids is 2. The lowest BCUT2D eigenvalue weighted by Gasteiger charge is -2.24. The predicted octanol–water partition coefficient (Wildman–Crippen LogP) is 3.48. The number of aryl methyl sites for hydroxylation is 1. The summed E-state index contributed by atoms with van der Waals surface area (Å²) in [5, 5.41) is 7.29. The number of carbonyl (C=O) groups is 2. The summed E-state index contributed by atoms with van der Waals surface area (Å²) in [6.45, 7) is 1.90. The van der Waals surface area contributed by atoms with Crippen LogP contribution in [0.5, 0.6) is 5.75 Å². The summed E-state index contributed by atoms with van der Waals surface area (Å²) in [4.78, 5) is 31.7. The van der Waals surface area contributed by atoms with Crippen molar-refractivity contribution in [3.05, 3.63) is 54.1 Å². The summed E-state index contributed by atoms with van der Waals surface area (Å²) < 4.78 is 10.3. The Morgan fingerprint density at radius 2 is 2.00 bits per heavy atom. The highest BCUT2D eigenvalue weighted by Crippen LogP contribution is 2.34. The zero-order valence-electron chi connectivity index (χ0n) is 17.9. The van der Waals surface area contributed by atoms with E-state index in [4.69, 9.17) is 9.47 Å². The highest BCUT2D eigenvalue weighted by atomic mass is 32.2. The predicted molar refractivity (Wildman–Crippen MR) is 122 cm³/mol. The van der Waals surface area contributed by atoms with E-state index in [-0.39, 0.29) is 19.1 Å². The van der Waals surface area contributed by atoms with Gasteiger partial charge in [0.05, 0.1) is 19.0 Å². The zero-order valence-corrected chi connectivity index (χ0v) is 18.7. The number of ether oxygens (including phenoxy) is 2. The number of hydrogen-bond acceptors (Lipinski definition) is 7. The van der Waals surface area contributed by atoms with E-state index in [1.807, 2.05) is 48.5 Å². The first-order chi connectivity index (χ1) is 15.6. The van der Waals surface area contributed by atoms with Crippen LogP contribution in [0.4, 0.5) is 5.69 Å². The number of nitrogens with zero attached hydrogens (tertiary/aromatic N) is 3. The van der Waals surface area contributed by atoms with Crippen molar-refractivity contribution in [1.29, 1.82) is 0 Å². The molecular formula is C23H24N4O4S. The van der Waals surface area contributed by atoms with Gasteiger partial charge in [-0.25, -0.2) is 4.98 Å². The molecule has 1 aromatic heterocycles. The Morgan fingerprint density at radius 3 is 2.75 bits per heavy atom. The maximum Gasteiger partial charge on any atom is 0.326 e. The van der Waals surface area contributed by atoms with Crippen molar-refractivity contribution < 1.29 is 19.1 Å². The van der Waals surface area contributed by atoms with Gasteiger partial charge in [-0.1, -0.05) is 30.0 Å². The van der Waals surface area contributed by atoms with Gasteiger partial charge in [-0.3, -0.25) is 19.6 Å². The summed E-state index contributed by atoms with van der Waals surface area (Å²) in [5.41, 5.74) is 2.65. The molecule has 0 bridgehead atoms. The molecule has 2 aromatic carbocycles. The first-order valence-electron chi connectivity index (χ1n) is 10.4. The number of aromatic nitrogens is 3. The van der Waals surface area contributed by atoms with E-state index in [9.17, 15) is 9.59 Å². The number of aromatic amines is 1. The third-order valence-electron chi connectivity index (χ3n) is 5.17. The molecule has 0 unspecified atom stereocenters. The molecule has 0 saturated carbocycles. The molecule has 1 aliphatic rings. The number of methoxy groups -OCH3 is 1. The van der Waals surface area contributed by atoms with Crippen LogP contribution in [-0.2, 0) is 20.7 Å². The number of hydrogen-bond donors (Lipinski definition) is 1. The van der Waals surface area contributed by atoms with Crippen molar-refractivity contribution in [2.45, 2.75) is 30.2 Å². The van der Waals surface area contributed by atoms with Crippen molar-refractivity contribution in [2.75, 3.05) is 25.2 Å². The molecule has 0 saturated heterocycles. The van der Waals surface area contributed by atoms with Crippen LogP contribution >= 0.6 is 11.8 Å². The summed E-state index contributed by atoms with van der Waals surface area (Å²) in [5.74, 6) is 0.792. The van der Waals surface area contributed by atoms with Crippen LogP contribution in [0.15, 0.2) is 53.7 Å². The summed E-state index contributed by atoms with van der Waals surface area (Å²) in [7, 11) is 1.62. The highest BCUT2D eigenvalue weighted by Gasteiger charge is 2.33. The number of benzene rings is 2. The van der Waals surface area contributed by atoms with Gasteiger partial charge in [0.1, 0.15) is 12.3 Å². The van der Waals surface area contributed by atoms with Crippen LogP contribution in [0.1, 0.15) is 18.9 Å². The van der Waals surface area contributed by atoms with Gasteiger partial charge in [-0.15, -0.1) is 5.10 Å². The second-order valence-corrected chi connectivity index (χ2v) is 8.37. The molecule has 8 nitrogen and oxygen atoms in total. The van der Waals surface area contributed by atoms with Gasteiger partial charge in [0.15, 0.2) is 5.82 Å². The number of para-hydroxylation sites is 1. The van der Waals surface area contributed by atoms with Crippen molar-refractivity contribution in [1.82, 2.24) is 15.2 Å². The van der Waals surface area contributed by atoms with Crippen molar-refractivity contribution in [3.8, 4) is 17.1 Å². The number of fused-ring (bicyclic) bond motifs is 1. The van der Waals surface area contributed by atoms with E-state index in [2.05, 4.69) is 15.2 Å². The fraction of sp³-hybridized carbons (Fsp3) is 0.304. The van der Waals surface area contributed by atoms with Crippen molar-refractivity contribution >= 4 is 29.3 Å². The number of esters is 1. The third kappa shape index (κ3) is 4.77. The molecule has 1 N–H and O–H groups in total. The van der Waals surface area contributed by atoms with E-state index in [1.165, 1.54) is 16.7 Å². The monoisotopic (exact) mass is 452 g/mol. The van der Waals surface area contributed by atoms with Crippen molar-refractivity contribution in [3.63, 3.8) is 0 Å². The van der Waals surface area contributed by atoms with E-state index in [0.717, 1.165) is 22.6 Å². The fourth-order valence-electron chi connectivity index (χ4n) is 3.60. The topological polar surface area (TPSA) is 97.4 Å². The molecule has 0 aliphatic carbocycles. The Kier molecular flexibility index (Phi) is 6.75. The molecule has 166 valence electrons. The van der Waals surface area contributed by atoms with Crippen LogP contribution in [0.2, 0.25) is 0 Å². The van der Waals surface area contributed by atoms with E-state index in [0.29, 0.717) is 23.8 Å². The van der Waals surface area contributed by atoms with Crippen LogP contribution in [0.25, 0.3) is 11.4 Å². The molecule has 3 aromatic rings. The molecule has 1 atom stereocenters. The normalized spacial score (nSPS) is 15.8. The van der Waals surface area contributed by atoms with E-state index >= 15 is 0 Å². The molecule has 2 heterocycles. The van der Waals surface area contributed by atoms with Gasteiger partial charge in [0, 0.05) is 11.3 Å². The molecule has 1 amide bonds. The first kappa shape index (κ1) is 21.9. The molecule has 0 spiro atoms. The Labute approximate surface area is 190 Å². The average molecular weight is 453 g/mol. The Morgan fingerprint density at radius 1 is 1.22 bits per heavy atom. The Balaban J connectivity index is 1.54. The number of nitrogens with one attached hydrogen (secondary N) is 1. The smallest absolute Gasteiger partial charge is 0.326 e. The SMILES string of the molecule is CCOC(=O)CN1C(=O)[C@H](Sc2n[nH]c(-c3ccc(OC)cc3)n2)CCc2ccccc21. The van der Waals surface area contributed by atoms with Gasteiger partial charge < -0.3 is 9.47 Å². The van der Waals surface area contributed by atoms with Gasteiger partial charge in [-0.05, 0) is 55.7 Å². The minimum absolute atomic E-state index is 0.119. The fourth-order valence-corrected chi connectivity index (χ4v) is 4.56. The zero-order chi connectivity index (χ0) is 22.5. The minimum atomic E-state index is -0.430. The molecule has 0 fully saturated rings. The quantitative estimate of drug-likeness (QED) is 0.548. The second-order valence-electron chi connectivity index (χ2n) is 7.20. The Hall–Kier alpha value is -3.33. The van der Waals surface area contributed by atoms with Crippen LogP contribution in [0, 0.1) is 0 Å². The standard InChI is InChI=1S/C23H24N4O4S/c1-3-31-20(28)14-27-18-7-5-4-6-15(18)10-13-19(22(27)29)32-23-24-21(25-26-23)16-8-11-17(30-2)12-9-16/h4-9,11-12,19H,3,10,13-14H2,1-2H3,(H,24,25,26)/t19-/m1/s1. The average Bonchev–Trinajstić information content (AvgIpc) is 3.24. The van der Waals surface area contributed by atoms with Crippen molar-refractivity contribution in [2.24, 2.45) is 0 Å². The molecular weight excluding hydrogens is 428 g/mol. The molecule has 4 rings (SSSR count). The van der Waals surface area contributed by atoms with Crippen LogP contribution in [-0.4, -0.2) is 52.6 Å². The van der Waals surface area contributed by atoms with Gasteiger partial charge >= 0.3 is 5.97 Å². The summed E-state index contributed by atoms with van der Waals surface area (Å²) in [6, 6.07) is 15.2. The maximum atomic E-state index is 13.4. The molecule has 0 radical (unpaired) electrons. The van der Waals surface area contributed by atoms with Gasteiger partial charge in [0.25, 0.3) is 0 Å².